The van der Waals surface area contributed by atoms with Gasteiger partial charge in [-0.05, 0) is 44.9 Å². The molecule has 0 aliphatic carbocycles. The first kappa shape index (κ1) is 30.8. The Morgan fingerprint density at radius 2 is 1.34 bits per heavy atom. The fraction of sp³-hybridized carbons (Fsp3) is 0.826. The molecule has 0 fully saturated rings. The first-order chi connectivity index (χ1) is 13.6. The largest absolute Gasteiger partial charge is 1.00 e. The summed E-state index contributed by atoms with van der Waals surface area (Å²) < 4.78 is 5.07. The summed E-state index contributed by atoms with van der Waals surface area (Å²) in [6.45, 7) is 2.61. The number of carboxylic acid groups (broad SMARTS) is 1. The molecule has 0 bridgehead atoms. The van der Waals surface area contributed by atoms with E-state index in [0.717, 1.165) is 19.3 Å². The molecule has 0 saturated carbocycles. The fourth-order valence-corrected chi connectivity index (χ4v) is 3.02. The average molecular weight is 420 g/mol. The van der Waals surface area contributed by atoms with Crippen molar-refractivity contribution in [3.63, 3.8) is 0 Å². The van der Waals surface area contributed by atoms with Gasteiger partial charge in [-0.3, -0.25) is 4.79 Å². The van der Waals surface area contributed by atoms with Crippen LogP contribution in [0.3, 0.4) is 0 Å². The van der Waals surface area contributed by atoms with E-state index >= 15 is 0 Å². The average Bonchev–Trinajstić information content (AvgIpc) is 2.68. The number of unbranched alkanes of at least 4 members (excludes halogenated alkanes) is 12. The zero-order valence-corrected chi connectivity index (χ0v) is 21.0. The van der Waals surface area contributed by atoms with Crippen molar-refractivity contribution < 1.29 is 49.0 Å². The van der Waals surface area contributed by atoms with Crippen LogP contribution in [0.2, 0.25) is 0 Å². The van der Waals surface area contributed by atoms with E-state index in [0.29, 0.717) is 6.61 Å². The Morgan fingerprint density at radius 3 is 1.86 bits per heavy atom. The molecule has 0 aliphatic heterocycles. The molecule has 0 saturated heterocycles. The molecular weight excluding hydrogens is 377 g/mol. The number of esters is 1. The molecule has 5 nitrogen and oxygen atoms in total. The van der Waals surface area contributed by atoms with Crippen molar-refractivity contribution in [1.82, 2.24) is 0 Å². The van der Waals surface area contributed by atoms with Crippen LogP contribution in [0.5, 0.6) is 0 Å². The standard InChI is InChI=1S/C23H43NO4.Na/c1-2-3-4-5-6-7-8-9-10-11-12-13-14-15-16-17-20-28-23(27)21(24)18-19-22(25)26;/h9-10,21H,2-8,11-20,24H2,1H3,(H,25,26);/q;+1/p-1/b10-9-;. The van der Waals surface area contributed by atoms with Crippen LogP contribution in [-0.2, 0) is 14.3 Å². The van der Waals surface area contributed by atoms with E-state index in [1.54, 1.807) is 0 Å². The predicted octanol–water partition coefficient (Wildman–Crippen LogP) is 1.43. The van der Waals surface area contributed by atoms with Crippen molar-refractivity contribution >= 4 is 11.9 Å². The molecule has 1 unspecified atom stereocenters. The van der Waals surface area contributed by atoms with Crippen LogP contribution < -0.4 is 40.4 Å². The van der Waals surface area contributed by atoms with Crippen molar-refractivity contribution in [1.29, 1.82) is 0 Å². The van der Waals surface area contributed by atoms with Gasteiger partial charge in [-0.1, -0.05) is 76.9 Å². The first-order valence-corrected chi connectivity index (χ1v) is 11.3. The van der Waals surface area contributed by atoms with E-state index in [-0.39, 0.29) is 42.4 Å². The van der Waals surface area contributed by atoms with Gasteiger partial charge >= 0.3 is 35.5 Å². The van der Waals surface area contributed by atoms with E-state index in [9.17, 15) is 14.7 Å². The fourth-order valence-electron chi connectivity index (χ4n) is 3.02. The second-order valence-corrected chi connectivity index (χ2v) is 7.62. The van der Waals surface area contributed by atoms with Gasteiger partial charge in [0, 0.05) is 5.97 Å². The number of hydrogen-bond acceptors (Lipinski definition) is 5. The van der Waals surface area contributed by atoms with Gasteiger partial charge in [0.15, 0.2) is 0 Å². The molecule has 0 rings (SSSR count). The number of carboxylic acids is 1. The second-order valence-electron chi connectivity index (χ2n) is 7.62. The quantitative estimate of drug-likeness (QED) is 0.139. The molecule has 0 amide bonds. The van der Waals surface area contributed by atoms with Gasteiger partial charge in [0.25, 0.3) is 0 Å². The Labute approximate surface area is 200 Å². The van der Waals surface area contributed by atoms with Crippen LogP contribution in [0.15, 0.2) is 12.2 Å². The Bertz CT molecular complexity index is 416. The molecular formula is C23H42NNaO4. The third-order valence-electron chi connectivity index (χ3n) is 4.86. The summed E-state index contributed by atoms with van der Waals surface area (Å²) in [6, 6.07) is -0.869. The third-order valence-corrected chi connectivity index (χ3v) is 4.86. The van der Waals surface area contributed by atoms with Gasteiger partial charge < -0.3 is 20.4 Å². The Balaban J connectivity index is 0. The Hall–Kier alpha value is -0.360. The van der Waals surface area contributed by atoms with Gasteiger partial charge in [-0.2, -0.15) is 0 Å². The normalized spacial score (nSPS) is 11.9. The summed E-state index contributed by atoms with van der Waals surface area (Å²) in [5.74, 6) is -1.72. The van der Waals surface area contributed by atoms with E-state index in [2.05, 4.69) is 19.1 Å². The molecule has 0 radical (unpaired) electrons. The predicted molar refractivity (Wildman–Crippen MR) is 113 cm³/mol. The van der Waals surface area contributed by atoms with Crippen LogP contribution in [0.4, 0.5) is 0 Å². The summed E-state index contributed by atoms with van der Waals surface area (Å²) in [5.41, 5.74) is 5.57. The van der Waals surface area contributed by atoms with Crippen molar-refractivity contribution in [3.8, 4) is 0 Å². The zero-order valence-electron chi connectivity index (χ0n) is 19.0. The summed E-state index contributed by atoms with van der Waals surface area (Å²) in [5, 5.41) is 10.3. The topological polar surface area (TPSA) is 92.5 Å². The maximum Gasteiger partial charge on any atom is 1.00 e. The SMILES string of the molecule is CCCCCCCC/C=C\CCCCCCCCOC(=O)C(N)CCC(=O)[O-].[Na+]. The Kier molecular flexibility index (Phi) is 25.4. The van der Waals surface area contributed by atoms with Gasteiger partial charge in [0.05, 0.1) is 6.61 Å². The minimum absolute atomic E-state index is 0. The van der Waals surface area contributed by atoms with Crippen LogP contribution in [0.1, 0.15) is 110 Å². The summed E-state index contributed by atoms with van der Waals surface area (Å²) in [7, 11) is 0. The molecule has 0 aromatic carbocycles. The van der Waals surface area contributed by atoms with Crippen LogP contribution in [0.25, 0.3) is 0 Å². The van der Waals surface area contributed by atoms with Gasteiger partial charge in [-0.15, -0.1) is 0 Å². The maximum atomic E-state index is 11.5. The number of allylic oxidation sites excluding steroid dienone is 2. The molecule has 0 aromatic rings. The zero-order chi connectivity index (χ0) is 20.9. The van der Waals surface area contributed by atoms with E-state index in [1.807, 2.05) is 0 Å². The van der Waals surface area contributed by atoms with Gasteiger partial charge in [-0.25, -0.2) is 0 Å². The van der Waals surface area contributed by atoms with Crippen LogP contribution >= 0.6 is 0 Å². The molecule has 0 spiro atoms. The summed E-state index contributed by atoms with van der Waals surface area (Å²) >= 11 is 0. The molecule has 0 aliphatic rings. The van der Waals surface area contributed by atoms with Crippen molar-refractivity contribution in [2.45, 2.75) is 116 Å². The molecule has 0 heterocycles. The molecule has 164 valence electrons. The monoisotopic (exact) mass is 419 g/mol. The number of nitrogens with two attached hydrogens (primary N) is 1. The maximum absolute atomic E-state index is 11.5. The van der Waals surface area contributed by atoms with E-state index < -0.39 is 18.0 Å². The van der Waals surface area contributed by atoms with Gasteiger partial charge in [0.1, 0.15) is 6.04 Å². The van der Waals surface area contributed by atoms with Gasteiger partial charge in [0.2, 0.25) is 0 Å². The molecule has 1 atom stereocenters. The number of carbonyl (C=O) groups is 2. The van der Waals surface area contributed by atoms with Crippen LogP contribution in [0, 0.1) is 0 Å². The number of rotatable bonds is 20. The number of ether oxygens (including phenoxy) is 1. The molecule has 6 heteroatoms. The number of carbonyl (C=O) groups excluding carboxylic acids is 2. The minimum atomic E-state index is -1.20. The van der Waals surface area contributed by atoms with Crippen molar-refractivity contribution in [2.24, 2.45) is 5.73 Å². The number of hydrogen-bond donors (Lipinski definition) is 1. The smallest absolute Gasteiger partial charge is 0.550 e. The first-order valence-electron chi connectivity index (χ1n) is 11.3. The molecule has 29 heavy (non-hydrogen) atoms. The van der Waals surface area contributed by atoms with E-state index in [4.69, 9.17) is 10.5 Å². The minimum Gasteiger partial charge on any atom is -0.550 e. The molecule has 2 N–H and O–H groups in total. The third kappa shape index (κ3) is 23.8. The van der Waals surface area contributed by atoms with Crippen molar-refractivity contribution in [3.05, 3.63) is 12.2 Å². The van der Waals surface area contributed by atoms with Crippen LogP contribution in [-0.4, -0.2) is 24.6 Å². The summed E-state index contributed by atoms with van der Waals surface area (Å²) in [6.07, 6.45) is 21.8. The van der Waals surface area contributed by atoms with E-state index in [1.165, 1.54) is 70.6 Å². The Morgan fingerprint density at radius 1 is 0.862 bits per heavy atom. The molecule has 0 aromatic heterocycles. The summed E-state index contributed by atoms with van der Waals surface area (Å²) in [4.78, 5) is 21.9. The van der Waals surface area contributed by atoms with Crippen molar-refractivity contribution in [2.75, 3.05) is 6.61 Å². The number of aliphatic carboxylic acids is 1. The second kappa shape index (κ2) is 23.9.